The van der Waals surface area contributed by atoms with Crippen molar-refractivity contribution in [1.82, 2.24) is 5.32 Å². The summed E-state index contributed by atoms with van der Waals surface area (Å²) in [6, 6.07) is 0. The Hall–Kier alpha value is -1.27. The van der Waals surface area contributed by atoms with E-state index in [0.29, 0.717) is 6.92 Å². The van der Waals surface area contributed by atoms with Crippen molar-refractivity contribution in [2.45, 2.75) is 18.6 Å². The van der Waals surface area contributed by atoms with E-state index < -0.39 is 17.7 Å². The number of esters is 1. The van der Waals surface area contributed by atoms with Crippen LogP contribution in [0.5, 0.6) is 0 Å². The van der Waals surface area contributed by atoms with Crippen molar-refractivity contribution in [1.29, 1.82) is 0 Å². The standard InChI is InChI=1S/C6H8F3NO3/c1-5(10-3-11,4(12)13-2)6(7,8)9/h3H,1-2H3,(H,10,11). The predicted octanol–water partition coefficient (Wildman–Crippen LogP) is 0.226. The number of hydrogen-bond acceptors (Lipinski definition) is 3. The molecule has 0 bridgehead atoms. The van der Waals surface area contributed by atoms with Gasteiger partial charge in [-0.05, 0) is 6.92 Å². The lowest BCUT2D eigenvalue weighted by molar-refractivity contribution is -0.207. The van der Waals surface area contributed by atoms with Crippen LogP contribution in [0.2, 0.25) is 0 Å². The van der Waals surface area contributed by atoms with Crippen LogP contribution in [0.1, 0.15) is 6.92 Å². The molecule has 0 saturated carbocycles. The summed E-state index contributed by atoms with van der Waals surface area (Å²) >= 11 is 0. The number of rotatable bonds is 3. The zero-order valence-corrected chi connectivity index (χ0v) is 6.94. The zero-order valence-electron chi connectivity index (χ0n) is 6.94. The summed E-state index contributed by atoms with van der Waals surface area (Å²) in [7, 11) is 0.804. The second kappa shape index (κ2) is 3.63. The maximum atomic E-state index is 12.2. The fourth-order valence-corrected chi connectivity index (χ4v) is 0.578. The summed E-state index contributed by atoms with van der Waals surface area (Å²) in [6.45, 7) is 0.521. The lowest BCUT2D eigenvalue weighted by atomic mass is 10.0. The van der Waals surface area contributed by atoms with E-state index in [-0.39, 0.29) is 6.41 Å². The highest BCUT2D eigenvalue weighted by molar-refractivity contribution is 5.83. The molecule has 0 aromatic heterocycles. The van der Waals surface area contributed by atoms with Crippen LogP contribution in [0.3, 0.4) is 0 Å². The van der Waals surface area contributed by atoms with Crippen LogP contribution in [-0.4, -0.2) is 31.2 Å². The molecule has 0 fully saturated rings. The van der Waals surface area contributed by atoms with Crippen molar-refractivity contribution < 1.29 is 27.5 Å². The first-order chi connectivity index (χ1) is 5.79. The Balaban J connectivity index is 4.94. The fraction of sp³-hybridized carbons (Fsp3) is 0.667. The summed E-state index contributed by atoms with van der Waals surface area (Å²) in [5, 5.41) is 1.37. The Labute approximate surface area is 72.0 Å². The van der Waals surface area contributed by atoms with Gasteiger partial charge in [0.15, 0.2) is 0 Å². The number of alkyl halides is 3. The molecule has 0 aliphatic heterocycles. The average Bonchev–Trinajstić information content (AvgIpc) is 2.01. The molecule has 4 nitrogen and oxygen atoms in total. The Morgan fingerprint density at radius 1 is 1.46 bits per heavy atom. The summed E-state index contributed by atoms with van der Waals surface area (Å²) in [5.74, 6) is -1.56. The van der Waals surface area contributed by atoms with Gasteiger partial charge in [0.25, 0.3) is 0 Å². The van der Waals surface area contributed by atoms with E-state index >= 15 is 0 Å². The number of amides is 1. The molecule has 0 radical (unpaired) electrons. The van der Waals surface area contributed by atoms with Gasteiger partial charge < -0.3 is 10.1 Å². The normalized spacial score (nSPS) is 15.8. The van der Waals surface area contributed by atoms with Crippen molar-refractivity contribution in [2.75, 3.05) is 7.11 Å². The van der Waals surface area contributed by atoms with Crippen LogP contribution < -0.4 is 5.32 Å². The summed E-state index contributed by atoms with van der Waals surface area (Å²) < 4.78 is 40.5. The minimum Gasteiger partial charge on any atom is -0.467 e. The predicted molar refractivity (Wildman–Crippen MR) is 35.7 cm³/mol. The molecule has 0 heterocycles. The fourth-order valence-electron chi connectivity index (χ4n) is 0.578. The Bertz CT molecular complexity index is 216. The number of ether oxygens (including phenoxy) is 1. The van der Waals surface area contributed by atoms with Gasteiger partial charge in [-0.15, -0.1) is 0 Å². The van der Waals surface area contributed by atoms with Gasteiger partial charge in [0.2, 0.25) is 11.9 Å². The van der Waals surface area contributed by atoms with E-state index in [1.54, 1.807) is 0 Å². The molecule has 1 atom stereocenters. The van der Waals surface area contributed by atoms with Gasteiger partial charge in [0, 0.05) is 0 Å². The van der Waals surface area contributed by atoms with E-state index in [1.165, 1.54) is 5.32 Å². The second-order valence-electron chi connectivity index (χ2n) is 2.38. The molecule has 0 spiro atoms. The largest absolute Gasteiger partial charge is 0.467 e. The van der Waals surface area contributed by atoms with Gasteiger partial charge >= 0.3 is 12.1 Å². The van der Waals surface area contributed by atoms with Crippen molar-refractivity contribution in [2.24, 2.45) is 0 Å². The SMILES string of the molecule is COC(=O)C(C)(NC=O)C(F)(F)F. The highest BCUT2D eigenvalue weighted by Gasteiger charge is 2.58. The van der Waals surface area contributed by atoms with Crippen LogP contribution in [0.15, 0.2) is 0 Å². The summed E-state index contributed by atoms with van der Waals surface area (Å²) in [6.07, 6.45) is -5.09. The monoisotopic (exact) mass is 199 g/mol. The van der Waals surface area contributed by atoms with Crippen molar-refractivity contribution in [3.05, 3.63) is 0 Å². The van der Waals surface area contributed by atoms with E-state index in [0.717, 1.165) is 7.11 Å². The van der Waals surface area contributed by atoms with E-state index in [2.05, 4.69) is 4.74 Å². The number of carbonyl (C=O) groups is 2. The molecule has 0 saturated heterocycles. The highest BCUT2D eigenvalue weighted by atomic mass is 19.4. The molecule has 1 amide bonds. The first-order valence-electron chi connectivity index (χ1n) is 3.16. The van der Waals surface area contributed by atoms with Gasteiger partial charge in [-0.1, -0.05) is 0 Å². The highest BCUT2D eigenvalue weighted by Crippen LogP contribution is 2.30. The number of methoxy groups -OCH3 is 1. The van der Waals surface area contributed by atoms with Gasteiger partial charge in [0.05, 0.1) is 7.11 Å². The van der Waals surface area contributed by atoms with E-state index in [1.807, 2.05) is 0 Å². The Morgan fingerprint density at radius 3 is 2.15 bits per heavy atom. The Kier molecular flexibility index (Phi) is 3.27. The maximum absolute atomic E-state index is 12.2. The first-order valence-corrected chi connectivity index (χ1v) is 3.16. The smallest absolute Gasteiger partial charge is 0.422 e. The summed E-state index contributed by atoms with van der Waals surface area (Å²) in [4.78, 5) is 20.6. The van der Waals surface area contributed by atoms with Crippen LogP contribution in [-0.2, 0) is 14.3 Å². The number of nitrogens with one attached hydrogen (secondary N) is 1. The number of hydrogen-bond donors (Lipinski definition) is 1. The third kappa shape index (κ3) is 2.10. The second-order valence-corrected chi connectivity index (χ2v) is 2.38. The minimum atomic E-state index is -4.89. The minimum absolute atomic E-state index is 0.204. The topological polar surface area (TPSA) is 55.4 Å². The van der Waals surface area contributed by atoms with Crippen LogP contribution in [0.4, 0.5) is 13.2 Å². The third-order valence-corrected chi connectivity index (χ3v) is 1.51. The molecule has 0 rings (SSSR count). The van der Waals surface area contributed by atoms with Crippen LogP contribution in [0, 0.1) is 0 Å². The molecular weight excluding hydrogens is 191 g/mol. The van der Waals surface area contributed by atoms with E-state index in [4.69, 9.17) is 0 Å². The van der Waals surface area contributed by atoms with Gasteiger partial charge in [0.1, 0.15) is 0 Å². The van der Waals surface area contributed by atoms with Crippen LogP contribution >= 0.6 is 0 Å². The Morgan fingerprint density at radius 2 is 1.92 bits per heavy atom. The molecule has 0 aromatic rings. The maximum Gasteiger partial charge on any atom is 0.422 e. The van der Waals surface area contributed by atoms with Gasteiger partial charge in [-0.3, -0.25) is 4.79 Å². The number of carbonyl (C=O) groups excluding carboxylic acids is 2. The van der Waals surface area contributed by atoms with Gasteiger partial charge in [-0.25, -0.2) is 4.79 Å². The molecule has 0 aromatic carbocycles. The molecule has 0 aliphatic carbocycles. The lowest BCUT2D eigenvalue weighted by Gasteiger charge is -2.27. The van der Waals surface area contributed by atoms with Gasteiger partial charge in [-0.2, -0.15) is 13.2 Å². The quantitative estimate of drug-likeness (QED) is 0.522. The third-order valence-electron chi connectivity index (χ3n) is 1.51. The van der Waals surface area contributed by atoms with Crippen molar-refractivity contribution >= 4 is 12.4 Å². The lowest BCUT2D eigenvalue weighted by Crippen LogP contribution is -2.60. The van der Waals surface area contributed by atoms with E-state index in [9.17, 15) is 22.8 Å². The molecule has 7 heteroatoms. The molecular formula is C6H8F3NO3. The average molecular weight is 199 g/mol. The summed E-state index contributed by atoms with van der Waals surface area (Å²) in [5.41, 5.74) is -2.98. The molecule has 13 heavy (non-hydrogen) atoms. The van der Waals surface area contributed by atoms with Crippen molar-refractivity contribution in [3.63, 3.8) is 0 Å². The molecule has 0 aliphatic rings. The van der Waals surface area contributed by atoms with Crippen molar-refractivity contribution in [3.8, 4) is 0 Å². The molecule has 1 N–H and O–H groups in total. The zero-order chi connectivity index (χ0) is 10.7. The molecule has 76 valence electrons. The first kappa shape index (κ1) is 11.7. The number of halogens is 3. The van der Waals surface area contributed by atoms with Crippen LogP contribution in [0.25, 0.3) is 0 Å². The molecule has 1 unspecified atom stereocenters.